The molecular formula is C30H33NO2. The van der Waals surface area contributed by atoms with E-state index in [-0.39, 0.29) is 5.60 Å². The SMILES string of the molecule is OC1(CCCN2CCC3(CC2)OCc2ccccc23)c2ccccc2CCc2ccccc21. The van der Waals surface area contributed by atoms with Crippen LogP contribution in [0.1, 0.15) is 59.1 Å². The van der Waals surface area contributed by atoms with Crippen molar-refractivity contribution >= 4 is 0 Å². The van der Waals surface area contributed by atoms with Crippen LogP contribution < -0.4 is 0 Å². The van der Waals surface area contributed by atoms with Gasteiger partial charge >= 0.3 is 0 Å². The summed E-state index contributed by atoms with van der Waals surface area (Å²) in [7, 11) is 0. The second-order valence-corrected chi connectivity index (χ2v) is 10.1. The first-order chi connectivity index (χ1) is 16.2. The van der Waals surface area contributed by atoms with Crippen molar-refractivity contribution < 1.29 is 9.84 Å². The van der Waals surface area contributed by atoms with Crippen LogP contribution in [-0.2, 0) is 35.4 Å². The predicted octanol–water partition coefficient (Wildman–Crippen LogP) is 5.32. The monoisotopic (exact) mass is 439 g/mol. The average molecular weight is 440 g/mol. The van der Waals surface area contributed by atoms with Crippen LogP contribution in [0.4, 0.5) is 0 Å². The van der Waals surface area contributed by atoms with Crippen molar-refractivity contribution in [3.05, 3.63) is 106 Å². The Morgan fingerprint density at radius 2 is 1.27 bits per heavy atom. The number of fused-ring (bicyclic) bond motifs is 4. The van der Waals surface area contributed by atoms with Gasteiger partial charge in [-0.1, -0.05) is 72.8 Å². The minimum atomic E-state index is -0.909. The fourth-order valence-corrected chi connectivity index (χ4v) is 6.46. The highest BCUT2D eigenvalue weighted by Gasteiger charge is 2.42. The van der Waals surface area contributed by atoms with Crippen LogP contribution in [0.5, 0.6) is 0 Å². The van der Waals surface area contributed by atoms with Gasteiger partial charge in [-0.05, 0) is 78.5 Å². The topological polar surface area (TPSA) is 32.7 Å². The Kier molecular flexibility index (Phi) is 5.37. The number of rotatable bonds is 4. The molecule has 6 rings (SSSR count). The van der Waals surface area contributed by atoms with Gasteiger partial charge in [0.15, 0.2) is 0 Å². The van der Waals surface area contributed by atoms with Crippen molar-refractivity contribution in [2.45, 2.75) is 56.3 Å². The Labute approximate surface area is 197 Å². The molecule has 0 radical (unpaired) electrons. The largest absolute Gasteiger partial charge is 0.380 e. The van der Waals surface area contributed by atoms with E-state index in [9.17, 15) is 5.11 Å². The van der Waals surface area contributed by atoms with Gasteiger partial charge in [0.25, 0.3) is 0 Å². The zero-order valence-corrected chi connectivity index (χ0v) is 19.3. The Morgan fingerprint density at radius 3 is 1.91 bits per heavy atom. The molecular weight excluding hydrogens is 406 g/mol. The summed E-state index contributed by atoms with van der Waals surface area (Å²) in [6, 6.07) is 25.7. The van der Waals surface area contributed by atoms with E-state index in [4.69, 9.17) is 4.74 Å². The Morgan fingerprint density at radius 1 is 0.727 bits per heavy atom. The molecule has 1 spiro atoms. The molecule has 0 atom stereocenters. The van der Waals surface area contributed by atoms with Gasteiger partial charge in [-0.3, -0.25) is 0 Å². The molecule has 170 valence electrons. The fourth-order valence-electron chi connectivity index (χ4n) is 6.46. The van der Waals surface area contributed by atoms with Crippen LogP contribution in [0.2, 0.25) is 0 Å². The summed E-state index contributed by atoms with van der Waals surface area (Å²) in [4.78, 5) is 2.56. The molecule has 2 aliphatic heterocycles. The summed E-state index contributed by atoms with van der Waals surface area (Å²) in [5.41, 5.74) is 6.55. The lowest BCUT2D eigenvalue weighted by atomic mass is 9.80. The number of aliphatic hydroxyl groups is 1. The molecule has 0 aromatic heterocycles. The number of aryl methyl sites for hydroxylation is 2. The summed E-state index contributed by atoms with van der Waals surface area (Å²) < 4.78 is 6.34. The van der Waals surface area contributed by atoms with E-state index in [1.165, 1.54) is 22.3 Å². The number of nitrogens with zero attached hydrogens (tertiary/aromatic N) is 1. The molecule has 0 unspecified atom stereocenters. The highest BCUT2D eigenvalue weighted by molar-refractivity contribution is 5.47. The van der Waals surface area contributed by atoms with Gasteiger partial charge in [0.1, 0.15) is 5.60 Å². The first-order valence-corrected chi connectivity index (χ1v) is 12.5. The van der Waals surface area contributed by atoms with E-state index in [1.807, 2.05) is 0 Å². The zero-order valence-electron chi connectivity index (χ0n) is 19.3. The Balaban J connectivity index is 1.15. The number of benzene rings is 3. The van der Waals surface area contributed by atoms with E-state index < -0.39 is 5.60 Å². The second kappa shape index (κ2) is 8.39. The van der Waals surface area contributed by atoms with Crippen molar-refractivity contribution in [2.24, 2.45) is 0 Å². The van der Waals surface area contributed by atoms with Crippen molar-refractivity contribution in [3.63, 3.8) is 0 Å². The normalized spacial score (nSPS) is 20.6. The molecule has 3 aromatic carbocycles. The molecule has 33 heavy (non-hydrogen) atoms. The third-order valence-electron chi connectivity index (χ3n) is 8.28. The molecule has 3 aromatic rings. The minimum Gasteiger partial charge on any atom is -0.380 e. The maximum atomic E-state index is 12.1. The number of likely N-dealkylation sites (tertiary alicyclic amines) is 1. The standard InChI is InChI=1S/C30H33NO2/c32-30(27-12-5-1-8-23(27)14-15-24-9-2-6-13-28(24)30)16-7-19-31-20-17-29(18-21-31)26-11-4-3-10-25(26)22-33-29/h1-6,8-13,32H,7,14-22H2. The molecule has 3 aliphatic rings. The van der Waals surface area contributed by atoms with Gasteiger partial charge in [0, 0.05) is 13.1 Å². The van der Waals surface area contributed by atoms with Crippen molar-refractivity contribution in [3.8, 4) is 0 Å². The lowest BCUT2D eigenvalue weighted by Crippen LogP contribution is -2.43. The molecule has 1 fully saturated rings. The second-order valence-electron chi connectivity index (χ2n) is 10.1. The van der Waals surface area contributed by atoms with E-state index in [0.29, 0.717) is 0 Å². The average Bonchev–Trinajstić information content (AvgIpc) is 3.16. The molecule has 1 N–H and O–H groups in total. The number of hydrogen-bond donors (Lipinski definition) is 1. The quantitative estimate of drug-likeness (QED) is 0.597. The lowest BCUT2D eigenvalue weighted by molar-refractivity contribution is -0.0793. The van der Waals surface area contributed by atoms with Crippen LogP contribution in [0.15, 0.2) is 72.8 Å². The molecule has 1 saturated heterocycles. The van der Waals surface area contributed by atoms with Crippen molar-refractivity contribution in [2.75, 3.05) is 19.6 Å². The highest BCUT2D eigenvalue weighted by atomic mass is 16.5. The van der Waals surface area contributed by atoms with Gasteiger partial charge in [-0.15, -0.1) is 0 Å². The van der Waals surface area contributed by atoms with Gasteiger partial charge < -0.3 is 14.7 Å². The van der Waals surface area contributed by atoms with Gasteiger partial charge in [-0.2, -0.15) is 0 Å². The maximum Gasteiger partial charge on any atom is 0.115 e. The van der Waals surface area contributed by atoms with Crippen LogP contribution in [0.25, 0.3) is 0 Å². The van der Waals surface area contributed by atoms with E-state index >= 15 is 0 Å². The van der Waals surface area contributed by atoms with Crippen LogP contribution in [0, 0.1) is 0 Å². The number of piperidine rings is 1. The molecule has 0 bridgehead atoms. The molecule has 0 amide bonds. The van der Waals surface area contributed by atoms with Gasteiger partial charge in [0.2, 0.25) is 0 Å². The summed E-state index contributed by atoms with van der Waals surface area (Å²) in [5.74, 6) is 0. The number of hydrogen-bond acceptors (Lipinski definition) is 3. The smallest absolute Gasteiger partial charge is 0.115 e. The van der Waals surface area contributed by atoms with E-state index in [0.717, 1.165) is 75.9 Å². The van der Waals surface area contributed by atoms with Crippen molar-refractivity contribution in [1.29, 1.82) is 0 Å². The molecule has 3 nitrogen and oxygen atoms in total. The third kappa shape index (κ3) is 3.63. The molecule has 1 aliphatic carbocycles. The summed E-state index contributed by atoms with van der Waals surface area (Å²) in [5, 5.41) is 12.1. The molecule has 0 saturated carbocycles. The molecule has 2 heterocycles. The summed E-state index contributed by atoms with van der Waals surface area (Å²) in [6.07, 6.45) is 5.82. The van der Waals surface area contributed by atoms with Crippen molar-refractivity contribution in [1.82, 2.24) is 4.90 Å². The first-order valence-electron chi connectivity index (χ1n) is 12.5. The summed E-state index contributed by atoms with van der Waals surface area (Å²) >= 11 is 0. The highest BCUT2D eigenvalue weighted by Crippen LogP contribution is 2.44. The van der Waals surface area contributed by atoms with Crippen LogP contribution >= 0.6 is 0 Å². The van der Waals surface area contributed by atoms with E-state index in [2.05, 4.69) is 77.7 Å². The van der Waals surface area contributed by atoms with Gasteiger partial charge in [0.05, 0.1) is 12.2 Å². The maximum absolute atomic E-state index is 12.1. The van der Waals surface area contributed by atoms with Crippen LogP contribution in [0.3, 0.4) is 0 Å². The first kappa shape index (κ1) is 21.1. The zero-order chi connectivity index (χ0) is 22.3. The third-order valence-corrected chi connectivity index (χ3v) is 8.28. The molecule has 3 heteroatoms. The lowest BCUT2D eigenvalue weighted by Gasteiger charge is -2.40. The minimum absolute atomic E-state index is 0.0789. The van der Waals surface area contributed by atoms with Crippen LogP contribution in [-0.4, -0.2) is 29.6 Å². The number of ether oxygens (including phenoxy) is 1. The Bertz CT molecular complexity index is 1100. The van der Waals surface area contributed by atoms with E-state index in [1.54, 1.807) is 0 Å². The van der Waals surface area contributed by atoms with Gasteiger partial charge in [-0.25, -0.2) is 0 Å². The predicted molar refractivity (Wildman–Crippen MR) is 131 cm³/mol. The Hall–Kier alpha value is -2.46. The summed E-state index contributed by atoms with van der Waals surface area (Å²) in [6.45, 7) is 3.88. The fraction of sp³-hybridized carbons (Fsp3) is 0.400.